The Morgan fingerprint density at radius 3 is 2.07 bits per heavy atom. The molecule has 1 aliphatic carbocycles. The summed E-state index contributed by atoms with van der Waals surface area (Å²) in [6.07, 6.45) is 1.68. The monoisotopic (exact) mass is 213 g/mol. The minimum absolute atomic E-state index is 0.0134. The van der Waals surface area contributed by atoms with Crippen LogP contribution in [0.1, 0.15) is 26.7 Å². The quantitative estimate of drug-likeness (QED) is 0.526. The van der Waals surface area contributed by atoms with Crippen molar-refractivity contribution >= 4 is 24.4 Å². The first-order valence-electron chi connectivity index (χ1n) is 4.92. The minimum atomic E-state index is -0.0651. The van der Waals surface area contributed by atoms with Gasteiger partial charge in [0.25, 0.3) is 0 Å². The minimum Gasteiger partial charge on any atom is -0.274 e. The van der Waals surface area contributed by atoms with E-state index in [4.69, 9.17) is 0 Å². The normalized spacial score (nSPS) is 35.2. The molecule has 3 nitrogen and oxygen atoms in total. The Bertz CT molecular complexity index is 274. The van der Waals surface area contributed by atoms with Gasteiger partial charge in [0, 0.05) is 0 Å². The second-order valence-electron chi connectivity index (χ2n) is 5.03. The van der Waals surface area contributed by atoms with Crippen LogP contribution in [0.3, 0.4) is 0 Å². The number of carbonyl (C=O) groups excluding carboxylic acids is 2. The van der Waals surface area contributed by atoms with Gasteiger partial charge < -0.3 is 0 Å². The van der Waals surface area contributed by atoms with Gasteiger partial charge in [0.1, 0.15) is 0 Å². The Morgan fingerprint density at radius 2 is 1.71 bits per heavy atom. The zero-order valence-corrected chi connectivity index (χ0v) is 9.38. The van der Waals surface area contributed by atoms with Gasteiger partial charge in [-0.15, -0.1) is 0 Å². The third kappa shape index (κ3) is 1.28. The number of rotatable bonds is 1. The van der Waals surface area contributed by atoms with Gasteiger partial charge in [-0.05, 0) is 18.3 Å². The molecule has 2 amide bonds. The summed E-state index contributed by atoms with van der Waals surface area (Å²) in [6.45, 7) is 4.24. The van der Waals surface area contributed by atoms with Crippen molar-refractivity contribution in [1.29, 1.82) is 0 Å². The van der Waals surface area contributed by atoms with Gasteiger partial charge in [-0.2, -0.15) is 12.6 Å². The van der Waals surface area contributed by atoms with Gasteiger partial charge >= 0.3 is 0 Å². The van der Waals surface area contributed by atoms with Crippen LogP contribution in [0.5, 0.6) is 0 Å². The molecule has 0 spiro atoms. The maximum atomic E-state index is 11.8. The number of hydrogen-bond donors (Lipinski definition) is 1. The Labute approximate surface area is 89.3 Å². The highest BCUT2D eigenvalue weighted by atomic mass is 32.1. The number of amides is 2. The number of carbonyl (C=O) groups is 2. The van der Waals surface area contributed by atoms with Crippen molar-refractivity contribution in [1.82, 2.24) is 4.90 Å². The highest BCUT2D eigenvalue weighted by Gasteiger charge is 2.54. The zero-order valence-electron chi connectivity index (χ0n) is 8.49. The number of thiol groups is 1. The van der Waals surface area contributed by atoms with E-state index >= 15 is 0 Å². The Morgan fingerprint density at radius 1 is 1.29 bits per heavy atom. The molecule has 0 radical (unpaired) electrons. The maximum absolute atomic E-state index is 11.8. The van der Waals surface area contributed by atoms with E-state index in [1.165, 1.54) is 4.90 Å². The van der Waals surface area contributed by atoms with Crippen molar-refractivity contribution in [3.8, 4) is 0 Å². The summed E-state index contributed by atoms with van der Waals surface area (Å²) in [5.74, 6) is 0.0703. The molecule has 14 heavy (non-hydrogen) atoms. The summed E-state index contributed by atoms with van der Waals surface area (Å²) in [5, 5.41) is 0. The molecule has 1 saturated heterocycles. The van der Waals surface area contributed by atoms with Crippen LogP contribution in [0.15, 0.2) is 0 Å². The van der Waals surface area contributed by atoms with Crippen LogP contribution < -0.4 is 0 Å². The number of imide groups is 1. The summed E-state index contributed by atoms with van der Waals surface area (Å²) in [6, 6.07) is 0. The van der Waals surface area contributed by atoms with Crippen LogP contribution in [0.2, 0.25) is 0 Å². The molecule has 1 aliphatic heterocycles. The fourth-order valence-corrected chi connectivity index (χ4v) is 3.00. The molecular weight excluding hydrogens is 198 g/mol. The van der Waals surface area contributed by atoms with E-state index in [0.29, 0.717) is 0 Å². The molecular formula is C10H15NO2S. The van der Waals surface area contributed by atoms with Crippen LogP contribution in [0, 0.1) is 17.3 Å². The molecule has 0 bridgehead atoms. The molecule has 4 heteroatoms. The predicted octanol–water partition coefficient (Wildman–Crippen LogP) is 1.29. The third-order valence-electron chi connectivity index (χ3n) is 3.34. The average Bonchev–Trinajstić information content (AvgIpc) is 2.50. The van der Waals surface area contributed by atoms with E-state index < -0.39 is 0 Å². The Hall–Kier alpha value is -0.510. The van der Waals surface area contributed by atoms with Gasteiger partial charge in [0.15, 0.2) is 0 Å². The van der Waals surface area contributed by atoms with Crippen molar-refractivity contribution in [2.45, 2.75) is 26.7 Å². The van der Waals surface area contributed by atoms with Crippen molar-refractivity contribution in [2.24, 2.45) is 17.3 Å². The number of hydrogen-bond acceptors (Lipinski definition) is 3. The van der Waals surface area contributed by atoms with Crippen LogP contribution in [-0.2, 0) is 9.59 Å². The SMILES string of the molecule is CC1(C)CC2C(=O)N(CS)C(=O)C2C1. The molecule has 2 unspecified atom stereocenters. The molecule has 1 heterocycles. The van der Waals surface area contributed by atoms with Crippen molar-refractivity contribution in [2.75, 3.05) is 5.88 Å². The highest BCUT2D eigenvalue weighted by Crippen LogP contribution is 2.49. The fourth-order valence-electron chi connectivity index (χ4n) is 2.73. The molecule has 2 rings (SSSR count). The summed E-state index contributed by atoms with van der Waals surface area (Å²) in [5.41, 5.74) is 0.142. The van der Waals surface area contributed by atoms with Crippen LogP contribution in [-0.4, -0.2) is 22.6 Å². The smallest absolute Gasteiger partial charge is 0.233 e. The third-order valence-corrected chi connectivity index (χ3v) is 3.62. The van der Waals surface area contributed by atoms with E-state index in [1.807, 2.05) is 0 Å². The van der Waals surface area contributed by atoms with Gasteiger partial charge in [0.05, 0.1) is 17.7 Å². The summed E-state index contributed by atoms with van der Waals surface area (Å²) >= 11 is 4.01. The fraction of sp³-hybridized carbons (Fsp3) is 0.800. The molecule has 0 aromatic rings. The van der Waals surface area contributed by atoms with Crippen molar-refractivity contribution in [3.05, 3.63) is 0 Å². The van der Waals surface area contributed by atoms with E-state index in [9.17, 15) is 9.59 Å². The van der Waals surface area contributed by atoms with E-state index in [-0.39, 0.29) is 34.9 Å². The van der Waals surface area contributed by atoms with Gasteiger partial charge in [0.2, 0.25) is 11.8 Å². The van der Waals surface area contributed by atoms with Crippen molar-refractivity contribution in [3.63, 3.8) is 0 Å². The molecule has 0 N–H and O–H groups in total. The predicted molar refractivity (Wildman–Crippen MR) is 55.7 cm³/mol. The first kappa shape index (κ1) is 10.0. The second-order valence-corrected chi connectivity index (χ2v) is 5.31. The van der Waals surface area contributed by atoms with Gasteiger partial charge in [-0.1, -0.05) is 13.8 Å². The lowest BCUT2D eigenvalue weighted by atomic mass is 9.90. The lowest BCUT2D eigenvalue weighted by Crippen LogP contribution is -2.31. The van der Waals surface area contributed by atoms with Gasteiger partial charge in [-0.3, -0.25) is 14.5 Å². The van der Waals surface area contributed by atoms with E-state index in [0.717, 1.165) is 12.8 Å². The van der Waals surface area contributed by atoms with E-state index in [2.05, 4.69) is 26.5 Å². The first-order chi connectivity index (χ1) is 6.46. The molecule has 1 saturated carbocycles. The first-order valence-corrected chi connectivity index (χ1v) is 5.55. The average molecular weight is 213 g/mol. The Kier molecular flexibility index (Phi) is 2.14. The summed E-state index contributed by atoms with van der Waals surface area (Å²) in [4.78, 5) is 24.8. The lowest BCUT2D eigenvalue weighted by Gasteiger charge is -2.20. The van der Waals surface area contributed by atoms with Gasteiger partial charge in [-0.25, -0.2) is 0 Å². The Balaban J connectivity index is 2.25. The largest absolute Gasteiger partial charge is 0.274 e. The maximum Gasteiger partial charge on any atom is 0.233 e. The van der Waals surface area contributed by atoms with Crippen molar-refractivity contribution < 1.29 is 9.59 Å². The number of likely N-dealkylation sites (tertiary alicyclic amines) is 1. The molecule has 0 aromatic carbocycles. The van der Waals surface area contributed by atoms with Crippen LogP contribution >= 0.6 is 12.6 Å². The second kappa shape index (κ2) is 2.99. The zero-order chi connectivity index (χ0) is 10.5. The molecule has 2 aliphatic rings. The molecule has 78 valence electrons. The standard InChI is InChI=1S/C10H15NO2S/c1-10(2)3-6-7(4-10)9(13)11(5-14)8(6)12/h6-7,14H,3-5H2,1-2H3. The lowest BCUT2D eigenvalue weighted by molar-refractivity contribution is -0.139. The van der Waals surface area contributed by atoms with E-state index in [1.54, 1.807) is 0 Å². The highest BCUT2D eigenvalue weighted by molar-refractivity contribution is 7.80. The topological polar surface area (TPSA) is 37.4 Å². The molecule has 2 fully saturated rings. The number of nitrogens with zero attached hydrogens (tertiary/aromatic N) is 1. The molecule has 2 atom stereocenters. The van der Waals surface area contributed by atoms with Crippen LogP contribution in [0.25, 0.3) is 0 Å². The summed E-state index contributed by atoms with van der Waals surface area (Å²) in [7, 11) is 0. The number of fused-ring (bicyclic) bond motifs is 1. The molecule has 0 aromatic heterocycles. The summed E-state index contributed by atoms with van der Waals surface area (Å²) < 4.78 is 0. The van der Waals surface area contributed by atoms with Crippen LogP contribution in [0.4, 0.5) is 0 Å².